The van der Waals surface area contributed by atoms with Crippen LogP contribution >= 0.6 is 15.9 Å². The lowest BCUT2D eigenvalue weighted by Gasteiger charge is -2.30. The highest BCUT2D eigenvalue weighted by Crippen LogP contribution is 2.30. The first-order chi connectivity index (χ1) is 10.6. The molecule has 0 radical (unpaired) electrons. The van der Waals surface area contributed by atoms with Crippen LogP contribution in [0.25, 0.3) is 0 Å². The van der Waals surface area contributed by atoms with Gasteiger partial charge >= 0.3 is 0 Å². The monoisotopic (exact) mass is 364 g/mol. The maximum atomic E-state index is 12.3. The average Bonchev–Trinajstić information content (AvgIpc) is 2.51. The third-order valence-electron chi connectivity index (χ3n) is 4.51. The molecular weight excluding hydrogens is 344 g/mol. The Balaban J connectivity index is 1.68. The molecule has 5 heteroatoms. The van der Waals surface area contributed by atoms with Crippen LogP contribution in [0.2, 0.25) is 0 Å². The summed E-state index contributed by atoms with van der Waals surface area (Å²) < 4.78 is 1.01. The summed E-state index contributed by atoms with van der Waals surface area (Å²) in [4.78, 5) is 26.1. The fourth-order valence-electron chi connectivity index (χ4n) is 3.37. The van der Waals surface area contributed by atoms with Crippen molar-refractivity contribution in [3.8, 4) is 0 Å². The Morgan fingerprint density at radius 2 is 2.00 bits per heavy atom. The standard InChI is InChI=1S/C17H21BrN2O2/c18-13-7-8-15-12(10-13)6-9-17(22)20(15)11-16(21)19-14-4-2-1-3-5-14/h7-8,10,14H,1-6,9,11H2,(H,19,21). The third-order valence-corrected chi connectivity index (χ3v) is 5.01. The van der Waals surface area contributed by atoms with E-state index in [1.807, 2.05) is 18.2 Å². The Hall–Kier alpha value is -1.36. The number of carbonyl (C=O) groups excluding carboxylic acids is 2. The molecule has 0 atom stereocenters. The van der Waals surface area contributed by atoms with Gasteiger partial charge in [0, 0.05) is 22.6 Å². The molecule has 1 saturated carbocycles. The van der Waals surface area contributed by atoms with Gasteiger partial charge in [0.1, 0.15) is 6.54 Å². The maximum absolute atomic E-state index is 12.3. The summed E-state index contributed by atoms with van der Waals surface area (Å²) in [6.45, 7) is 0.129. The van der Waals surface area contributed by atoms with Crippen molar-refractivity contribution in [3.63, 3.8) is 0 Å². The summed E-state index contributed by atoms with van der Waals surface area (Å²) in [6.07, 6.45) is 6.97. The first kappa shape index (κ1) is 15.5. The Kier molecular flexibility index (Phi) is 4.81. The number of hydrogen-bond donors (Lipinski definition) is 1. The molecule has 0 saturated heterocycles. The van der Waals surface area contributed by atoms with Gasteiger partial charge in [-0.2, -0.15) is 0 Å². The Morgan fingerprint density at radius 3 is 2.77 bits per heavy atom. The van der Waals surface area contributed by atoms with Crippen molar-refractivity contribution in [2.45, 2.75) is 51.0 Å². The second-order valence-corrected chi connectivity index (χ2v) is 7.07. The lowest BCUT2D eigenvalue weighted by molar-refractivity contribution is -0.124. The molecule has 1 aliphatic carbocycles. The summed E-state index contributed by atoms with van der Waals surface area (Å²) in [5, 5.41) is 3.09. The van der Waals surface area contributed by atoms with Crippen molar-refractivity contribution in [1.29, 1.82) is 0 Å². The highest BCUT2D eigenvalue weighted by molar-refractivity contribution is 9.10. The molecule has 22 heavy (non-hydrogen) atoms. The predicted molar refractivity (Wildman–Crippen MR) is 89.8 cm³/mol. The van der Waals surface area contributed by atoms with Gasteiger partial charge in [0.25, 0.3) is 0 Å². The summed E-state index contributed by atoms with van der Waals surface area (Å²) in [7, 11) is 0. The number of rotatable bonds is 3. The number of halogens is 1. The van der Waals surface area contributed by atoms with E-state index in [1.54, 1.807) is 4.90 Å². The van der Waals surface area contributed by atoms with Crippen LogP contribution in [0.15, 0.2) is 22.7 Å². The molecule has 4 nitrogen and oxygen atoms in total. The van der Waals surface area contributed by atoms with Crippen LogP contribution in [0.5, 0.6) is 0 Å². The smallest absolute Gasteiger partial charge is 0.240 e. The first-order valence-electron chi connectivity index (χ1n) is 8.01. The van der Waals surface area contributed by atoms with Crippen molar-refractivity contribution in [3.05, 3.63) is 28.2 Å². The number of aryl methyl sites for hydroxylation is 1. The maximum Gasteiger partial charge on any atom is 0.240 e. The van der Waals surface area contributed by atoms with Crippen molar-refractivity contribution in [2.75, 3.05) is 11.4 Å². The number of amides is 2. The van der Waals surface area contributed by atoms with Gasteiger partial charge in [0.2, 0.25) is 11.8 Å². The highest BCUT2D eigenvalue weighted by atomic mass is 79.9. The molecule has 2 aliphatic rings. The first-order valence-corrected chi connectivity index (χ1v) is 8.81. The van der Waals surface area contributed by atoms with Crippen LogP contribution in [-0.4, -0.2) is 24.4 Å². The minimum atomic E-state index is -0.0454. The van der Waals surface area contributed by atoms with Gasteiger partial charge in [-0.05, 0) is 43.0 Å². The second-order valence-electron chi connectivity index (χ2n) is 6.16. The van der Waals surface area contributed by atoms with Gasteiger partial charge in [0.15, 0.2) is 0 Å². The molecule has 3 rings (SSSR count). The van der Waals surface area contributed by atoms with Gasteiger partial charge in [-0.3, -0.25) is 9.59 Å². The highest BCUT2D eigenvalue weighted by Gasteiger charge is 2.27. The van der Waals surface area contributed by atoms with Crippen LogP contribution in [0.3, 0.4) is 0 Å². The van der Waals surface area contributed by atoms with Gasteiger partial charge in [-0.25, -0.2) is 0 Å². The predicted octanol–water partition coefficient (Wildman–Crippen LogP) is 3.18. The topological polar surface area (TPSA) is 49.4 Å². The molecule has 1 heterocycles. The molecule has 1 N–H and O–H groups in total. The van der Waals surface area contributed by atoms with Crippen molar-refractivity contribution >= 4 is 33.4 Å². The average molecular weight is 365 g/mol. The zero-order valence-electron chi connectivity index (χ0n) is 12.6. The molecule has 0 spiro atoms. The quantitative estimate of drug-likeness (QED) is 0.895. The Morgan fingerprint density at radius 1 is 1.23 bits per heavy atom. The SMILES string of the molecule is O=C(CN1C(=O)CCc2cc(Br)ccc21)NC1CCCCC1. The van der Waals surface area contributed by atoms with Gasteiger partial charge in [0.05, 0.1) is 0 Å². The lowest BCUT2D eigenvalue weighted by atomic mass is 9.95. The van der Waals surface area contributed by atoms with Crippen molar-refractivity contribution < 1.29 is 9.59 Å². The molecule has 1 fully saturated rings. The number of benzene rings is 1. The Bertz CT molecular complexity index is 582. The van der Waals surface area contributed by atoms with E-state index < -0.39 is 0 Å². The summed E-state index contributed by atoms with van der Waals surface area (Å²) in [5.41, 5.74) is 2.00. The molecule has 0 unspecified atom stereocenters. The molecule has 1 aromatic rings. The summed E-state index contributed by atoms with van der Waals surface area (Å²) >= 11 is 3.46. The molecule has 2 amide bonds. The molecule has 118 valence electrons. The number of anilines is 1. The third kappa shape index (κ3) is 3.51. The van der Waals surface area contributed by atoms with E-state index in [0.717, 1.165) is 35.0 Å². The fourth-order valence-corrected chi connectivity index (χ4v) is 3.77. The molecule has 0 bridgehead atoms. The van der Waals surface area contributed by atoms with Crippen LogP contribution in [0, 0.1) is 0 Å². The number of fused-ring (bicyclic) bond motifs is 1. The number of nitrogens with zero attached hydrogens (tertiary/aromatic N) is 1. The van der Waals surface area contributed by atoms with E-state index in [2.05, 4.69) is 21.2 Å². The van der Waals surface area contributed by atoms with Gasteiger partial charge in [-0.1, -0.05) is 35.2 Å². The minimum Gasteiger partial charge on any atom is -0.352 e. The van der Waals surface area contributed by atoms with Crippen LogP contribution in [0.4, 0.5) is 5.69 Å². The molecule has 1 aromatic carbocycles. The molecular formula is C17H21BrN2O2. The van der Waals surface area contributed by atoms with Crippen LogP contribution in [-0.2, 0) is 16.0 Å². The molecule has 1 aliphatic heterocycles. The summed E-state index contributed by atoms with van der Waals surface area (Å²) in [5.74, 6) is -0.00960. The number of carbonyl (C=O) groups is 2. The van der Waals surface area contributed by atoms with E-state index in [1.165, 1.54) is 19.3 Å². The summed E-state index contributed by atoms with van der Waals surface area (Å²) in [6, 6.07) is 6.16. The van der Waals surface area contributed by atoms with E-state index >= 15 is 0 Å². The fraction of sp³-hybridized carbons (Fsp3) is 0.529. The van der Waals surface area contributed by atoms with E-state index in [9.17, 15) is 9.59 Å². The van der Waals surface area contributed by atoms with E-state index in [-0.39, 0.29) is 24.4 Å². The lowest BCUT2D eigenvalue weighted by Crippen LogP contribution is -2.46. The van der Waals surface area contributed by atoms with E-state index in [4.69, 9.17) is 0 Å². The van der Waals surface area contributed by atoms with Crippen LogP contribution in [0.1, 0.15) is 44.1 Å². The van der Waals surface area contributed by atoms with E-state index in [0.29, 0.717) is 6.42 Å². The zero-order valence-corrected chi connectivity index (χ0v) is 14.2. The largest absolute Gasteiger partial charge is 0.352 e. The zero-order chi connectivity index (χ0) is 15.5. The number of nitrogens with one attached hydrogen (secondary N) is 1. The number of hydrogen-bond acceptors (Lipinski definition) is 2. The van der Waals surface area contributed by atoms with Gasteiger partial charge in [-0.15, -0.1) is 0 Å². The normalized spacial score (nSPS) is 19.0. The van der Waals surface area contributed by atoms with Gasteiger partial charge < -0.3 is 10.2 Å². The minimum absolute atomic E-state index is 0.0358. The second kappa shape index (κ2) is 6.82. The van der Waals surface area contributed by atoms with Crippen molar-refractivity contribution in [2.24, 2.45) is 0 Å². The van der Waals surface area contributed by atoms with Crippen LogP contribution < -0.4 is 10.2 Å². The molecule has 0 aromatic heterocycles. The van der Waals surface area contributed by atoms with Crippen molar-refractivity contribution in [1.82, 2.24) is 5.32 Å². The Labute approximate surface area is 139 Å².